The zero-order chi connectivity index (χ0) is 14.5. The molecule has 0 radical (unpaired) electrons. The zero-order valence-corrected chi connectivity index (χ0v) is 11.8. The molecule has 1 heterocycles. The van der Waals surface area contributed by atoms with Crippen molar-refractivity contribution in [1.29, 1.82) is 0 Å². The Morgan fingerprint density at radius 1 is 1.58 bits per heavy atom. The van der Waals surface area contributed by atoms with Gasteiger partial charge in [0.25, 0.3) is 10.2 Å². The van der Waals surface area contributed by atoms with E-state index < -0.39 is 16.2 Å². The number of nitrogens with one attached hydrogen (secondary N) is 1. The van der Waals surface area contributed by atoms with Gasteiger partial charge in [0.05, 0.1) is 20.1 Å². The predicted molar refractivity (Wildman–Crippen MR) is 66.0 cm³/mol. The molecule has 0 spiro atoms. The van der Waals surface area contributed by atoms with Gasteiger partial charge in [0, 0.05) is 20.6 Å². The van der Waals surface area contributed by atoms with E-state index in [1.54, 1.807) is 11.6 Å². The molecular formula is C9H17N5O4S. The molecule has 0 aliphatic carbocycles. The molecule has 1 aromatic heterocycles. The molecule has 1 N–H and O–H groups in total. The van der Waals surface area contributed by atoms with Gasteiger partial charge in [-0.05, 0) is 0 Å². The quantitative estimate of drug-likeness (QED) is 0.622. The fourth-order valence-corrected chi connectivity index (χ4v) is 2.07. The van der Waals surface area contributed by atoms with Crippen molar-refractivity contribution in [2.45, 2.75) is 13.0 Å². The number of carbonyl (C=O) groups excluding carboxylic acids is 1. The SMILES string of the molecule is COC(=O)CCN(C)S(=O)(=O)NCc1nncn1C. The smallest absolute Gasteiger partial charge is 0.306 e. The minimum absolute atomic E-state index is 0.00211. The summed E-state index contributed by atoms with van der Waals surface area (Å²) in [4.78, 5) is 10.9. The lowest BCUT2D eigenvalue weighted by Gasteiger charge is -2.16. The van der Waals surface area contributed by atoms with Crippen LogP contribution < -0.4 is 4.72 Å². The number of rotatable bonds is 7. The summed E-state index contributed by atoms with van der Waals surface area (Å²) >= 11 is 0. The lowest BCUT2D eigenvalue weighted by Crippen LogP contribution is -2.39. The number of hydrogen-bond acceptors (Lipinski definition) is 6. The first-order valence-electron chi connectivity index (χ1n) is 5.47. The molecule has 0 saturated heterocycles. The van der Waals surface area contributed by atoms with Crippen LogP contribution in [-0.4, -0.2) is 54.2 Å². The molecule has 0 aliphatic rings. The van der Waals surface area contributed by atoms with Crippen molar-refractivity contribution in [3.05, 3.63) is 12.2 Å². The Morgan fingerprint density at radius 3 is 2.79 bits per heavy atom. The van der Waals surface area contributed by atoms with Gasteiger partial charge in [0.15, 0.2) is 0 Å². The van der Waals surface area contributed by atoms with Gasteiger partial charge >= 0.3 is 5.97 Å². The van der Waals surface area contributed by atoms with Crippen molar-refractivity contribution in [3.63, 3.8) is 0 Å². The van der Waals surface area contributed by atoms with Crippen molar-refractivity contribution in [1.82, 2.24) is 23.8 Å². The average Bonchev–Trinajstić information content (AvgIpc) is 2.78. The van der Waals surface area contributed by atoms with Gasteiger partial charge < -0.3 is 9.30 Å². The van der Waals surface area contributed by atoms with Crippen LogP contribution >= 0.6 is 0 Å². The van der Waals surface area contributed by atoms with Crippen LogP contribution in [-0.2, 0) is 33.3 Å². The van der Waals surface area contributed by atoms with Crippen LogP contribution in [0.5, 0.6) is 0 Å². The maximum atomic E-state index is 11.8. The second-order valence-corrected chi connectivity index (χ2v) is 5.69. The Kier molecular flexibility index (Phi) is 5.39. The van der Waals surface area contributed by atoms with Gasteiger partial charge in [-0.3, -0.25) is 4.79 Å². The molecule has 10 heteroatoms. The highest BCUT2D eigenvalue weighted by molar-refractivity contribution is 7.87. The van der Waals surface area contributed by atoms with Crippen molar-refractivity contribution < 1.29 is 17.9 Å². The average molecular weight is 291 g/mol. The number of carbonyl (C=O) groups is 1. The molecule has 0 bridgehead atoms. The summed E-state index contributed by atoms with van der Waals surface area (Å²) in [5.74, 6) is 0.0281. The summed E-state index contributed by atoms with van der Waals surface area (Å²) < 4.78 is 33.1. The van der Waals surface area contributed by atoms with Gasteiger partial charge in [-0.25, -0.2) is 0 Å². The molecule has 0 saturated carbocycles. The monoisotopic (exact) mass is 291 g/mol. The fourth-order valence-electron chi connectivity index (χ4n) is 1.20. The first kappa shape index (κ1) is 15.5. The Bertz CT molecular complexity index is 526. The molecule has 0 aliphatic heterocycles. The van der Waals surface area contributed by atoms with Gasteiger partial charge in [-0.15, -0.1) is 10.2 Å². The first-order chi connectivity index (χ1) is 8.86. The van der Waals surface area contributed by atoms with E-state index in [0.717, 1.165) is 4.31 Å². The van der Waals surface area contributed by atoms with Crippen molar-refractivity contribution in [3.8, 4) is 0 Å². The number of esters is 1. The Balaban J connectivity index is 2.51. The summed E-state index contributed by atoms with van der Waals surface area (Å²) in [6.45, 7) is 0.0716. The molecule has 108 valence electrons. The van der Waals surface area contributed by atoms with E-state index in [2.05, 4.69) is 19.7 Å². The molecule has 0 unspecified atom stereocenters. The topological polar surface area (TPSA) is 106 Å². The first-order valence-corrected chi connectivity index (χ1v) is 6.91. The second-order valence-electron chi connectivity index (χ2n) is 3.83. The van der Waals surface area contributed by atoms with Crippen LogP contribution in [0.4, 0.5) is 0 Å². The van der Waals surface area contributed by atoms with Gasteiger partial charge in [-0.1, -0.05) is 0 Å². The number of ether oxygens (including phenoxy) is 1. The Morgan fingerprint density at radius 2 is 2.26 bits per heavy atom. The summed E-state index contributed by atoms with van der Waals surface area (Å²) in [6, 6.07) is 0. The number of methoxy groups -OCH3 is 1. The van der Waals surface area contributed by atoms with Crippen LogP contribution in [0.2, 0.25) is 0 Å². The molecule has 0 aromatic carbocycles. The lowest BCUT2D eigenvalue weighted by atomic mass is 10.4. The maximum absolute atomic E-state index is 11.8. The van der Waals surface area contributed by atoms with Crippen LogP contribution in [0.15, 0.2) is 6.33 Å². The van der Waals surface area contributed by atoms with Crippen LogP contribution in [0.1, 0.15) is 12.2 Å². The molecule has 0 atom stereocenters. The predicted octanol–water partition coefficient (Wildman–Crippen LogP) is -1.36. The van der Waals surface area contributed by atoms with Crippen molar-refractivity contribution in [2.24, 2.45) is 7.05 Å². The minimum atomic E-state index is -3.66. The van der Waals surface area contributed by atoms with Crippen LogP contribution in [0.3, 0.4) is 0 Å². The second kappa shape index (κ2) is 6.59. The maximum Gasteiger partial charge on any atom is 0.306 e. The normalized spacial score (nSPS) is 11.8. The van der Waals surface area contributed by atoms with E-state index in [0.29, 0.717) is 5.82 Å². The van der Waals surface area contributed by atoms with Crippen molar-refractivity contribution >= 4 is 16.2 Å². The van der Waals surface area contributed by atoms with E-state index in [-0.39, 0.29) is 19.5 Å². The van der Waals surface area contributed by atoms with E-state index in [9.17, 15) is 13.2 Å². The fraction of sp³-hybridized carbons (Fsp3) is 0.667. The largest absolute Gasteiger partial charge is 0.469 e. The highest BCUT2D eigenvalue weighted by Crippen LogP contribution is 1.99. The third kappa shape index (κ3) is 4.58. The Labute approximate surface area is 111 Å². The lowest BCUT2D eigenvalue weighted by molar-refractivity contribution is -0.140. The minimum Gasteiger partial charge on any atom is -0.469 e. The van der Waals surface area contributed by atoms with Crippen LogP contribution in [0.25, 0.3) is 0 Å². The van der Waals surface area contributed by atoms with Gasteiger partial charge in [0.1, 0.15) is 12.2 Å². The summed E-state index contributed by atoms with van der Waals surface area (Å²) in [6.07, 6.45) is 1.47. The summed E-state index contributed by atoms with van der Waals surface area (Å²) in [5.41, 5.74) is 0. The molecule has 19 heavy (non-hydrogen) atoms. The highest BCUT2D eigenvalue weighted by atomic mass is 32.2. The van der Waals surface area contributed by atoms with E-state index in [1.807, 2.05) is 0 Å². The zero-order valence-electron chi connectivity index (χ0n) is 11.0. The number of aromatic nitrogens is 3. The summed E-state index contributed by atoms with van der Waals surface area (Å²) in [7, 11) is 0.680. The van der Waals surface area contributed by atoms with E-state index in [1.165, 1.54) is 20.5 Å². The Hall–Kier alpha value is -1.52. The van der Waals surface area contributed by atoms with Gasteiger partial charge in [-0.2, -0.15) is 17.4 Å². The third-order valence-corrected chi connectivity index (χ3v) is 4.00. The molecule has 1 aromatic rings. The van der Waals surface area contributed by atoms with Gasteiger partial charge in [0.2, 0.25) is 0 Å². The molecule has 0 amide bonds. The number of hydrogen-bond donors (Lipinski definition) is 1. The van der Waals surface area contributed by atoms with E-state index >= 15 is 0 Å². The standard InChI is InChI=1S/C9H17N5O4S/c1-13-7-10-12-8(13)6-11-19(16,17)14(2)5-4-9(15)18-3/h7,11H,4-6H2,1-3H3. The highest BCUT2D eigenvalue weighted by Gasteiger charge is 2.19. The van der Waals surface area contributed by atoms with Crippen molar-refractivity contribution in [2.75, 3.05) is 20.7 Å². The van der Waals surface area contributed by atoms with Crippen LogP contribution in [0, 0.1) is 0 Å². The molecule has 1 rings (SSSR count). The number of nitrogens with zero attached hydrogens (tertiary/aromatic N) is 4. The number of aryl methyl sites for hydroxylation is 1. The summed E-state index contributed by atoms with van der Waals surface area (Å²) in [5, 5.41) is 7.40. The van der Waals surface area contributed by atoms with E-state index in [4.69, 9.17) is 0 Å². The third-order valence-electron chi connectivity index (χ3n) is 2.49. The molecule has 9 nitrogen and oxygen atoms in total. The molecule has 0 fully saturated rings. The molecular weight excluding hydrogens is 274 g/mol.